The van der Waals surface area contributed by atoms with Gasteiger partial charge in [-0.15, -0.1) is 0 Å². The fourth-order valence-corrected chi connectivity index (χ4v) is 3.25. The molecule has 0 spiro atoms. The monoisotopic (exact) mass is 339 g/mol. The number of aromatic amines is 1. The van der Waals surface area contributed by atoms with Gasteiger partial charge in [-0.2, -0.15) is 13.2 Å². The molecule has 7 heteroatoms. The molecular weight excluding hydrogens is 319 g/mol. The highest BCUT2D eigenvalue weighted by atomic mass is 19.4. The normalized spacial score (nSPS) is 19.0. The Labute approximate surface area is 138 Å². The van der Waals surface area contributed by atoms with Gasteiger partial charge in [0.25, 0.3) is 0 Å². The van der Waals surface area contributed by atoms with Crippen molar-refractivity contribution in [3.63, 3.8) is 0 Å². The Bertz CT molecular complexity index is 710. The number of alkyl halides is 3. The number of rotatable bonds is 5. The van der Waals surface area contributed by atoms with E-state index in [0.717, 1.165) is 16.5 Å². The van der Waals surface area contributed by atoms with E-state index in [9.17, 15) is 18.0 Å². The third-order valence-corrected chi connectivity index (χ3v) is 4.39. The number of H-pyrrole nitrogens is 1. The zero-order valence-corrected chi connectivity index (χ0v) is 13.2. The molecule has 1 aromatic heterocycles. The average molecular weight is 339 g/mol. The van der Waals surface area contributed by atoms with Crippen LogP contribution in [0.15, 0.2) is 30.5 Å². The lowest BCUT2D eigenvalue weighted by atomic mass is 10.1. The zero-order chi connectivity index (χ0) is 17.2. The Morgan fingerprint density at radius 3 is 2.92 bits per heavy atom. The van der Waals surface area contributed by atoms with Crippen LogP contribution < -0.4 is 5.32 Å². The summed E-state index contributed by atoms with van der Waals surface area (Å²) in [4.78, 5) is 16.6. The van der Waals surface area contributed by atoms with Crippen LogP contribution in [0.1, 0.15) is 12.0 Å². The van der Waals surface area contributed by atoms with E-state index in [-0.39, 0.29) is 18.2 Å². The van der Waals surface area contributed by atoms with E-state index in [4.69, 9.17) is 0 Å². The molecule has 24 heavy (non-hydrogen) atoms. The van der Waals surface area contributed by atoms with Crippen molar-refractivity contribution in [2.75, 3.05) is 26.2 Å². The van der Waals surface area contributed by atoms with Crippen molar-refractivity contribution in [1.29, 1.82) is 0 Å². The maximum Gasteiger partial charge on any atom is 0.401 e. The molecule has 2 aromatic rings. The number of nitrogens with one attached hydrogen (secondary N) is 2. The SMILES string of the molecule is O=C(Cc1c[nH]c2ccccc12)NC[C@H]1CCN(CC(F)(F)F)C1. The molecule has 1 aliphatic heterocycles. The standard InChI is InChI=1S/C17H20F3N3O/c18-17(19,20)11-23-6-5-12(10-23)8-22-16(24)7-13-9-21-15-4-2-1-3-14(13)15/h1-4,9,12,21H,5-8,10-11H2,(H,22,24)/t12-/m1/s1. The highest BCUT2D eigenvalue weighted by Gasteiger charge is 2.34. The summed E-state index contributed by atoms with van der Waals surface area (Å²) in [7, 11) is 0. The number of halogens is 3. The van der Waals surface area contributed by atoms with E-state index in [2.05, 4.69) is 10.3 Å². The molecule has 0 bridgehead atoms. The molecule has 4 nitrogen and oxygen atoms in total. The number of aromatic nitrogens is 1. The first kappa shape index (κ1) is 16.8. The van der Waals surface area contributed by atoms with Crippen molar-refractivity contribution < 1.29 is 18.0 Å². The lowest BCUT2D eigenvalue weighted by Gasteiger charge is -2.18. The number of benzene rings is 1. The fourth-order valence-electron chi connectivity index (χ4n) is 3.25. The number of hydrogen-bond donors (Lipinski definition) is 2. The number of likely N-dealkylation sites (tertiary alicyclic amines) is 1. The number of nitrogens with zero attached hydrogens (tertiary/aromatic N) is 1. The van der Waals surface area contributed by atoms with Gasteiger partial charge in [-0.3, -0.25) is 9.69 Å². The summed E-state index contributed by atoms with van der Waals surface area (Å²) in [6, 6.07) is 7.76. The van der Waals surface area contributed by atoms with Gasteiger partial charge in [-0.25, -0.2) is 0 Å². The lowest BCUT2D eigenvalue weighted by Crippen LogP contribution is -2.35. The maximum absolute atomic E-state index is 12.4. The van der Waals surface area contributed by atoms with Crippen LogP contribution >= 0.6 is 0 Å². The van der Waals surface area contributed by atoms with E-state index in [1.54, 1.807) is 0 Å². The molecule has 1 atom stereocenters. The third kappa shape index (κ3) is 4.29. The van der Waals surface area contributed by atoms with Gasteiger partial charge in [0.15, 0.2) is 0 Å². The van der Waals surface area contributed by atoms with Crippen molar-refractivity contribution in [2.24, 2.45) is 5.92 Å². The Balaban J connectivity index is 1.46. The minimum Gasteiger partial charge on any atom is -0.361 e. The number of carbonyl (C=O) groups is 1. The summed E-state index contributed by atoms with van der Waals surface area (Å²) < 4.78 is 37.1. The zero-order valence-electron chi connectivity index (χ0n) is 13.2. The topological polar surface area (TPSA) is 48.1 Å². The number of hydrogen-bond acceptors (Lipinski definition) is 2. The molecule has 1 aromatic carbocycles. The molecule has 3 rings (SSSR count). The molecular formula is C17H20F3N3O. The van der Waals surface area contributed by atoms with Crippen molar-refractivity contribution in [3.8, 4) is 0 Å². The van der Waals surface area contributed by atoms with Crippen molar-refractivity contribution >= 4 is 16.8 Å². The van der Waals surface area contributed by atoms with E-state index in [1.165, 1.54) is 4.90 Å². The predicted molar refractivity (Wildman–Crippen MR) is 85.6 cm³/mol. The third-order valence-electron chi connectivity index (χ3n) is 4.39. The molecule has 1 saturated heterocycles. The van der Waals surface area contributed by atoms with Crippen molar-refractivity contribution in [2.45, 2.75) is 19.0 Å². The van der Waals surface area contributed by atoms with Gasteiger partial charge in [0.2, 0.25) is 5.91 Å². The van der Waals surface area contributed by atoms with Crippen LogP contribution in [-0.2, 0) is 11.2 Å². The van der Waals surface area contributed by atoms with Crippen molar-refractivity contribution in [1.82, 2.24) is 15.2 Å². The Morgan fingerprint density at radius 2 is 2.12 bits per heavy atom. The van der Waals surface area contributed by atoms with Gasteiger partial charge in [-0.1, -0.05) is 18.2 Å². The summed E-state index contributed by atoms with van der Waals surface area (Å²) >= 11 is 0. The van der Waals surface area contributed by atoms with Gasteiger partial charge in [0.05, 0.1) is 13.0 Å². The van der Waals surface area contributed by atoms with Gasteiger partial charge in [0.1, 0.15) is 0 Å². The largest absolute Gasteiger partial charge is 0.401 e. The highest BCUT2D eigenvalue weighted by Crippen LogP contribution is 2.22. The Kier molecular flexibility index (Phi) is 4.80. The van der Waals surface area contributed by atoms with Crippen LogP contribution in [0.4, 0.5) is 13.2 Å². The van der Waals surface area contributed by atoms with Gasteiger partial charge in [0, 0.05) is 30.2 Å². The van der Waals surface area contributed by atoms with Crippen molar-refractivity contribution in [3.05, 3.63) is 36.0 Å². The van der Waals surface area contributed by atoms with E-state index >= 15 is 0 Å². The first-order valence-electron chi connectivity index (χ1n) is 8.01. The van der Waals surface area contributed by atoms with Crippen LogP contribution in [0, 0.1) is 5.92 Å². The second-order valence-corrected chi connectivity index (χ2v) is 6.35. The first-order chi connectivity index (χ1) is 11.4. The molecule has 0 radical (unpaired) electrons. The van der Waals surface area contributed by atoms with Crippen LogP contribution in [0.2, 0.25) is 0 Å². The molecule has 1 aliphatic rings. The summed E-state index contributed by atoms with van der Waals surface area (Å²) in [6.07, 6.45) is -1.38. The number of para-hydroxylation sites is 1. The van der Waals surface area contributed by atoms with Crippen LogP contribution in [0.5, 0.6) is 0 Å². The van der Waals surface area contributed by atoms with E-state index in [0.29, 0.717) is 26.1 Å². The summed E-state index contributed by atoms with van der Waals surface area (Å²) in [5.41, 5.74) is 1.91. The molecule has 0 unspecified atom stereocenters. The average Bonchev–Trinajstić information content (AvgIpc) is 3.11. The molecule has 2 heterocycles. The lowest BCUT2D eigenvalue weighted by molar-refractivity contribution is -0.143. The number of amides is 1. The smallest absolute Gasteiger partial charge is 0.361 e. The Hall–Kier alpha value is -2.02. The quantitative estimate of drug-likeness (QED) is 0.880. The molecule has 0 saturated carbocycles. The molecule has 1 fully saturated rings. The molecule has 130 valence electrons. The van der Waals surface area contributed by atoms with Crippen LogP contribution in [-0.4, -0.2) is 48.1 Å². The maximum atomic E-state index is 12.4. The predicted octanol–water partition coefficient (Wildman–Crippen LogP) is 2.71. The Morgan fingerprint density at radius 1 is 1.33 bits per heavy atom. The summed E-state index contributed by atoms with van der Waals surface area (Å²) in [6.45, 7) is 0.373. The molecule has 1 amide bonds. The number of carbonyl (C=O) groups excluding carboxylic acids is 1. The minimum absolute atomic E-state index is 0.0827. The summed E-state index contributed by atoms with van der Waals surface area (Å²) in [5, 5.41) is 3.87. The molecule has 2 N–H and O–H groups in total. The minimum atomic E-state index is -4.16. The highest BCUT2D eigenvalue weighted by molar-refractivity contribution is 5.88. The van der Waals surface area contributed by atoms with E-state index in [1.807, 2.05) is 30.5 Å². The second kappa shape index (κ2) is 6.84. The van der Waals surface area contributed by atoms with Gasteiger partial charge in [-0.05, 0) is 30.5 Å². The molecule has 0 aliphatic carbocycles. The van der Waals surface area contributed by atoms with E-state index < -0.39 is 12.7 Å². The summed E-state index contributed by atoms with van der Waals surface area (Å²) in [5.74, 6) is -0.0201. The van der Waals surface area contributed by atoms with Crippen LogP contribution in [0.25, 0.3) is 10.9 Å². The second-order valence-electron chi connectivity index (χ2n) is 6.35. The van der Waals surface area contributed by atoms with Crippen LogP contribution in [0.3, 0.4) is 0 Å². The van der Waals surface area contributed by atoms with Gasteiger partial charge < -0.3 is 10.3 Å². The number of fused-ring (bicyclic) bond motifs is 1. The first-order valence-corrected chi connectivity index (χ1v) is 8.01. The van der Waals surface area contributed by atoms with Gasteiger partial charge >= 0.3 is 6.18 Å². The fraction of sp³-hybridized carbons (Fsp3) is 0.471.